The van der Waals surface area contributed by atoms with Crippen LogP contribution in [-0.2, 0) is 34.3 Å². The molecule has 0 saturated carbocycles. The van der Waals surface area contributed by atoms with E-state index in [4.69, 9.17) is 0 Å². The molecule has 1 saturated heterocycles. The number of hydrogen-bond acceptors (Lipinski definition) is 6. The fraction of sp³-hybridized carbons (Fsp3) is 0.250. The zero-order chi connectivity index (χ0) is 30.3. The Morgan fingerprint density at radius 2 is 1.64 bits per heavy atom. The minimum atomic E-state index is -1.42. The fourth-order valence-electron chi connectivity index (χ4n) is 5.50. The van der Waals surface area contributed by atoms with Gasteiger partial charge in [-0.1, -0.05) is 84.9 Å². The number of hydrogen-bond donors (Lipinski definition) is 0. The van der Waals surface area contributed by atoms with Crippen molar-refractivity contribution in [3.63, 3.8) is 0 Å². The van der Waals surface area contributed by atoms with E-state index in [0.29, 0.717) is 35.5 Å². The van der Waals surface area contributed by atoms with Gasteiger partial charge in [0, 0.05) is 30.1 Å². The number of carboxylic acid groups (broad SMARTS) is 1. The predicted octanol–water partition coefficient (Wildman–Crippen LogP) is 4.69. The van der Waals surface area contributed by atoms with Crippen LogP contribution in [0.15, 0.2) is 107 Å². The van der Waals surface area contributed by atoms with Gasteiger partial charge in [0.25, 0.3) is 0 Å². The molecule has 1 fully saturated rings. The molecule has 0 bridgehead atoms. The summed E-state index contributed by atoms with van der Waals surface area (Å²) in [5, 5.41) is 25.9. The molecule has 1 heterocycles. The number of benzene rings is 4. The Bertz CT molecular complexity index is 1660. The molecule has 0 aromatic heterocycles. The summed E-state index contributed by atoms with van der Waals surface area (Å²) < 4.78 is 14.4. The average Bonchev–Trinajstić information content (AvgIpc) is 3.47. The van der Waals surface area contributed by atoms with Crippen molar-refractivity contribution in [2.24, 2.45) is 9.98 Å². The van der Waals surface area contributed by atoms with Crippen molar-refractivity contribution in [2.75, 3.05) is 6.54 Å². The van der Waals surface area contributed by atoms with Crippen molar-refractivity contribution >= 4 is 23.3 Å². The second-order valence-corrected chi connectivity index (χ2v) is 11.0. The van der Waals surface area contributed by atoms with Gasteiger partial charge < -0.3 is 15.0 Å². The molecular weight excluding hydrogens is 600 g/mol. The van der Waals surface area contributed by atoms with E-state index in [1.807, 2.05) is 30.3 Å². The number of carbonyl (C=O) groups is 1. The van der Waals surface area contributed by atoms with Gasteiger partial charge in [0.05, 0.1) is 23.4 Å². The van der Waals surface area contributed by atoms with Crippen LogP contribution in [0.2, 0.25) is 0 Å². The van der Waals surface area contributed by atoms with Crippen molar-refractivity contribution in [3.05, 3.63) is 136 Å². The predicted molar refractivity (Wildman–Crippen MR) is 164 cm³/mol. The Balaban J connectivity index is 0.00000442. The molecular formula is C36H34FN3NiO3. The van der Waals surface area contributed by atoms with Crippen molar-refractivity contribution in [2.45, 2.75) is 51.7 Å². The van der Waals surface area contributed by atoms with E-state index in [2.05, 4.69) is 46.9 Å². The van der Waals surface area contributed by atoms with E-state index < -0.39 is 17.8 Å². The summed E-state index contributed by atoms with van der Waals surface area (Å²) in [7, 11) is 0. The first-order valence-electron chi connectivity index (χ1n) is 14.5. The van der Waals surface area contributed by atoms with Gasteiger partial charge in [0.15, 0.2) is 0 Å². The van der Waals surface area contributed by atoms with Gasteiger partial charge >= 0.3 is 16.5 Å². The Kier molecular flexibility index (Phi) is 11.2. The zero-order valence-electron chi connectivity index (χ0n) is 24.7. The van der Waals surface area contributed by atoms with Crippen LogP contribution >= 0.6 is 0 Å². The van der Waals surface area contributed by atoms with Crippen molar-refractivity contribution < 1.29 is 35.9 Å². The number of aliphatic imine (C=N–C) groups is 2. The average molecular weight is 634 g/mol. The molecule has 0 amide bonds. The molecule has 8 heteroatoms. The van der Waals surface area contributed by atoms with E-state index >= 15 is 0 Å². The van der Waals surface area contributed by atoms with E-state index in [-0.39, 0.29) is 40.4 Å². The van der Waals surface area contributed by atoms with Crippen molar-refractivity contribution in [3.8, 4) is 0 Å². The number of carboxylic acids is 1. The van der Waals surface area contributed by atoms with Gasteiger partial charge in [-0.05, 0) is 73.5 Å². The number of aliphatic carboxylic acids is 1. The number of rotatable bonds is 10. The maximum Gasteiger partial charge on any atom is 2.00 e. The number of halogens is 1. The molecule has 44 heavy (non-hydrogen) atoms. The summed E-state index contributed by atoms with van der Waals surface area (Å²) in [6, 6.07) is 26.9. The molecule has 1 aliphatic heterocycles. The van der Waals surface area contributed by atoms with Gasteiger partial charge in [-0.15, -0.1) is 0 Å². The van der Waals surface area contributed by atoms with Gasteiger partial charge in [0.1, 0.15) is 5.82 Å². The van der Waals surface area contributed by atoms with Crippen LogP contribution in [0.4, 0.5) is 10.1 Å². The number of carbonyl (C=O) groups excluding carboxylic acids is 1. The smallest absolute Gasteiger partial charge is 0.861 e. The van der Waals surface area contributed by atoms with E-state index in [1.165, 1.54) is 23.3 Å². The second-order valence-electron chi connectivity index (χ2n) is 11.0. The standard InChI is InChI=1S/C36H36FN3O3.Ni/c1-24-18-19-26(21-25(24)2)23-40-20-10-17-33(40)35(41)39-31-16-9-7-14-29(31)34(27-11-4-3-5-12-27)38-32(36(42)43)22-28-13-6-8-15-30(28)37;/h3-9,11-16,18-19,21,32-33H,10,17,20,22-23H2,1-2H3,(H,39,41)(H,42,43);/q;+2/p-2/t32-,33-;/m0./s1. The normalized spacial score (nSPS) is 16.4. The molecule has 0 aliphatic carbocycles. The number of likely N-dealkylation sites (tertiary alicyclic amines) is 1. The van der Waals surface area contributed by atoms with Gasteiger partial charge in [-0.3, -0.25) is 14.9 Å². The van der Waals surface area contributed by atoms with Crippen LogP contribution in [0.1, 0.15) is 46.2 Å². The minimum absolute atomic E-state index is 0. The topological polar surface area (TPSA) is 91.2 Å². The van der Waals surface area contributed by atoms with Crippen LogP contribution in [0, 0.1) is 19.7 Å². The first-order valence-corrected chi connectivity index (χ1v) is 14.5. The third kappa shape index (κ3) is 7.87. The first-order chi connectivity index (χ1) is 20.8. The van der Waals surface area contributed by atoms with E-state index in [0.717, 1.165) is 18.5 Å². The zero-order valence-corrected chi connectivity index (χ0v) is 25.7. The molecule has 228 valence electrons. The number of aryl methyl sites for hydroxylation is 2. The third-order valence-corrected chi connectivity index (χ3v) is 7.97. The van der Waals surface area contributed by atoms with Crippen molar-refractivity contribution in [1.29, 1.82) is 0 Å². The molecule has 4 aromatic rings. The molecule has 1 aliphatic rings. The Morgan fingerprint density at radius 3 is 2.36 bits per heavy atom. The summed E-state index contributed by atoms with van der Waals surface area (Å²) in [6.07, 6.45) is 1.43. The van der Waals surface area contributed by atoms with Crippen LogP contribution in [-0.4, -0.2) is 41.1 Å². The molecule has 0 N–H and O–H groups in total. The monoisotopic (exact) mass is 633 g/mol. The van der Waals surface area contributed by atoms with Crippen molar-refractivity contribution in [1.82, 2.24) is 4.90 Å². The maximum absolute atomic E-state index is 14.4. The molecule has 5 rings (SSSR count). The number of nitrogens with zero attached hydrogens (tertiary/aromatic N) is 3. The molecule has 2 atom stereocenters. The summed E-state index contributed by atoms with van der Waals surface area (Å²) in [5.41, 5.74) is 5.74. The van der Waals surface area contributed by atoms with Gasteiger partial charge in [0.2, 0.25) is 0 Å². The summed E-state index contributed by atoms with van der Waals surface area (Å²) >= 11 is 0. The van der Waals surface area contributed by atoms with Crippen LogP contribution in [0.25, 0.3) is 0 Å². The first kappa shape index (κ1) is 32.8. The Hall–Kier alpha value is -4.13. The van der Waals surface area contributed by atoms with Crippen LogP contribution < -0.4 is 10.2 Å². The number of para-hydroxylation sites is 1. The Labute approximate surface area is 267 Å². The molecule has 0 unspecified atom stereocenters. The van der Waals surface area contributed by atoms with Gasteiger partial charge in [-0.2, -0.15) is 0 Å². The third-order valence-electron chi connectivity index (χ3n) is 7.97. The van der Waals surface area contributed by atoms with E-state index in [1.54, 1.807) is 36.4 Å². The summed E-state index contributed by atoms with van der Waals surface area (Å²) in [5.74, 6) is -2.17. The molecule has 6 nitrogen and oxygen atoms in total. The summed E-state index contributed by atoms with van der Waals surface area (Å²) in [4.78, 5) is 23.6. The quantitative estimate of drug-likeness (QED) is 0.144. The fourth-order valence-corrected chi connectivity index (χ4v) is 5.50. The Morgan fingerprint density at radius 1 is 0.932 bits per heavy atom. The molecule has 4 aromatic carbocycles. The van der Waals surface area contributed by atoms with Crippen LogP contribution in [0.3, 0.4) is 0 Å². The molecule has 0 spiro atoms. The summed E-state index contributed by atoms with van der Waals surface area (Å²) in [6.45, 7) is 5.64. The SMILES string of the molecule is Cc1ccc(CN2CCC[C@H]2C([O-])=Nc2ccccc2C(=N[C@@H](Cc2ccccc2F)C(=O)[O-])c2ccccc2)cc1C.[Ni+2]. The van der Waals surface area contributed by atoms with E-state index in [9.17, 15) is 19.4 Å². The van der Waals surface area contributed by atoms with Gasteiger partial charge in [-0.25, -0.2) is 4.39 Å². The van der Waals surface area contributed by atoms with Crippen LogP contribution in [0.5, 0.6) is 0 Å². The largest absolute Gasteiger partial charge is 2.00 e. The second kappa shape index (κ2) is 15.0. The minimum Gasteiger partial charge on any atom is -0.861 e. The maximum atomic E-state index is 14.4. The molecule has 0 radical (unpaired) electrons.